The van der Waals surface area contributed by atoms with E-state index in [9.17, 15) is 14.9 Å². The summed E-state index contributed by atoms with van der Waals surface area (Å²) in [5.41, 5.74) is 0.673. The minimum atomic E-state index is -0.693. The van der Waals surface area contributed by atoms with Gasteiger partial charge >= 0.3 is 0 Å². The molecule has 27 heavy (non-hydrogen) atoms. The molecule has 3 aromatic rings. The number of carbonyl (C=O) groups is 1. The van der Waals surface area contributed by atoms with E-state index >= 15 is 0 Å². The van der Waals surface area contributed by atoms with Crippen LogP contribution in [0.3, 0.4) is 0 Å². The predicted octanol–water partition coefficient (Wildman–Crippen LogP) is 3.47. The molecule has 1 aliphatic rings. The van der Waals surface area contributed by atoms with Gasteiger partial charge < -0.3 is 19.8 Å². The third-order valence-electron chi connectivity index (χ3n) is 4.60. The Labute approximate surface area is 154 Å². The molecule has 0 radical (unpaired) electrons. The Bertz CT molecular complexity index is 1070. The zero-order valence-electron chi connectivity index (χ0n) is 14.7. The molecule has 8 nitrogen and oxygen atoms in total. The van der Waals surface area contributed by atoms with Gasteiger partial charge in [0.2, 0.25) is 6.79 Å². The molecule has 1 aromatic heterocycles. The van der Waals surface area contributed by atoms with Gasteiger partial charge in [-0.05, 0) is 37.6 Å². The number of aromatic nitrogens is 1. The van der Waals surface area contributed by atoms with Crippen molar-refractivity contribution in [3.63, 3.8) is 0 Å². The number of nitro benzene ring substituents is 1. The van der Waals surface area contributed by atoms with Gasteiger partial charge in [-0.1, -0.05) is 18.2 Å². The number of fused-ring (bicyclic) bond motifs is 2. The second-order valence-corrected chi connectivity index (χ2v) is 6.83. The first-order valence-corrected chi connectivity index (χ1v) is 8.34. The summed E-state index contributed by atoms with van der Waals surface area (Å²) in [6, 6.07) is 11.8. The first-order valence-electron chi connectivity index (χ1n) is 8.34. The molecule has 0 saturated heterocycles. The van der Waals surface area contributed by atoms with Gasteiger partial charge in [-0.25, -0.2) is 0 Å². The summed E-state index contributed by atoms with van der Waals surface area (Å²) in [5, 5.41) is 14.7. The Balaban J connectivity index is 1.62. The maximum absolute atomic E-state index is 12.8. The van der Waals surface area contributed by atoms with E-state index in [2.05, 4.69) is 10.3 Å². The average molecular weight is 367 g/mol. The highest BCUT2D eigenvalue weighted by Crippen LogP contribution is 2.35. The van der Waals surface area contributed by atoms with Crippen molar-refractivity contribution in [3.8, 4) is 11.5 Å². The number of non-ortho nitro benzene ring substituents is 1. The van der Waals surface area contributed by atoms with Gasteiger partial charge in [-0.15, -0.1) is 0 Å². The number of H-pyrrole nitrogens is 1. The highest BCUT2D eigenvalue weighted by Gasteiger charge is 2.27. The number of hydrogen-bond donors (Lipinski definition) is 2. The monoisotopic (exact) mass is 367 g/mol. The van der Waals surface area contributed by atoms with Gasteiger partial charge in [0, 0.05) is 11.5 Å². The van der Waals surface area contributed by atoms with E-state index in [1.54, 1.807) is 24.3 Å². The van der Waals surface area contributed by atoms with Crippen LogP contribution in [0.4, 0.5) is 5.69 Å². The number of nitrogens with one attached hydrogen (secondary N) is 2. The highest BCUT2D eigenvalue weighted by atomic mass is 16.7. The van der Waals surface area contributed by atoms with Gasteiger partial charge in [-0.3, -0.25) is 14.9 Å². The van der Waals surface area contributed by atoms with Gasteiger partial charge in [0.15, 0.2) is 11.5 Å². The first-order chi connectivity index (χ1) is 12.8. The van der Waals surface area contributed by atoms with Crippen molar-refractivity contribution >= 4 is 22.5 Å². The zero-order valence-corrected chi connectivity index (χ0v) is 14.7. The summed E-state index contributed by atoms with van der Waals surface area (Å²) in [6.45, 7) is 3.92. The number of nitro groups is 1. The van der Waals surface area contributed by atoms with Crippen molar-refractivity contribution in [1.29, 1.82) is 0 Å². The summed E-state index contributed by atoms with van der Waals surface area (Å²) >= 11 is 0. The van der Waals surface area contributed by atoms with Crippen molar-refractivity contribution in [2.24, 2.45) is 0 Å². The number of hydrogen-bond acceptors (Lipinski definition) is 5. The lowest BCUT2D eigenvalue weighted by Crippen LogP contribution is -2.41. The Morgan fingerprint density at radius 2 is 1.96 bits per heavy atom. The largest absolute Gasteiger partial charge is 0.454 e. The number of ether oxygens (including phenoxy) is 2. The molecule has 0 spiro atoms. The Morgan fingerprint density at radius 3 is 2.74 bits per heavy atom. The van der Waals surface area contributed by atoms with Gasteiger partial charge in [0.25, 0.3) is 11.6 Å². The summed E-state index contributed by atoms with van der Waals surface area (Å²) in [6.07, 6.45) is 0. The zero-order chi connectivity index (χ0) is 19.2. The molecule has 0 fully saturated rings. The van der Waals surface area contributed by atoms with E-state index in [1.165, 1.54) is 6.07 Å². The van der Waals surface area contributed by atoms with Crippen LogP contribution in [-0.2, 0) is 5.54 Å². The summed E-state index contributed by atoms with van der Waals surface area (Å²) in [4.78, 5) is 26.3. The molecular weight excluding hydrogens is 350 g/mol. The second kappa shape index (κ2) is 6.01. The summed E-state index contributed by atoms with van der Waals surface area (Å²) in [5.74, 6) is 0.947. The van der Waals surface area contributed by atoms with Crippen molar-refractivity contribution in [2.75, 3.05) is 6.79 Å². The second-order valence-electron chi connectivity index (χ2n) is 6.83. The molecule has 0 unspecified atom stereocenters. The van der Waals surface area contributed by atoms with Crippen molar-refractivity contribution in [3.05, 3.63) is 63.8 Å². The molecule has 1 aliphatic heterocycles. The molecule has 4 rings (SSSR count). The van der Waals surface area contributed by atoms with Gasteiger partial charge in [0.05, 0.1) is 10.5 Å². The van der Waals surface area contributed by atoms with Crippen molar-refractivity contribution < 1.29 is 19.2 Å². The quantitative estimate of drug-likeness (QED) is 0.542. The first kappa shape index (κ1) is 16.9. The lowest BCUT2D eigenvalue weighted by Gasteiger charge is -2.27. The van der Waals surface area contributed by atoms with Gasteiger partial charge in [0.1, 0.15) is 11.2 Å². The highest BCUT2D eigenvalue weighted by molar-refractivity contribution is 6.00. The normalized spacial score (nSPS) is 13.0. The molecule has 0 atom stereocenters. The molecule has 0 saturated carbocycles. The summed E-state index contributed by atoms with van der Waals surface area (Å²) < 4.78 is 10.7. The van der Waals surface area contributed by atoms with Crippen LogP contribution in [0.1, 0.15) is 29.9 Å². The van der Waals surface area contributed by atoms with Crippen LogP contribution >= 0.6 is 0 Å². The number of amides is 1. The van der Waals surface area contributed by atoms with E-state index in [0.29, 0.717) is 22.4 Å². The Hall–Kier alpha value is -3.55. The number of nitrogens with zero attached hydrogens (tertiary/aromatic N) is 1. The topological polar surface area (TPSA) is 106 Å². The average Bonchev–Trinajstić information content (AvgIpc) is 3.26. The van der Waals surface area contributed by atoms with Crippen LogP contribution in [0, 0.1) is 10.1 Å². The van der Waals surface area contributed by atoms with Crippen LogP contribution in [0.25, 0.3) is 10.9 Å². The number of rotatable bonds is 4. The number of aromatic amines is 1. The third kappa shape index (κ3) is 2.95. The smallest absolute Gasteiger partial charge is 0.293 e. The van der Waals surface area contributed by atoms with Crippen LogP contribution in [0.2, 0.25) is 0 Å². The number of carbonyl (C=O) groups excluding carboxylic acids is 1. The fourth-order valence-corrected chi connectivity index (χ4v) is 3.12. The van der Waals surface area contributed by atoms with Crippen molar-refractivity contribution in [2.45, 2.75) is 19.4 Å². The molecule has 2 aromatic carbocycles. The van der Waals surface area contributed by atoms with Crippen LogP contribution in [-0.4, -0.2) is 22.6 Å². The van der Waals surface area contributed by atoms with Crippen LogP contribution < -0.4 is 14.8 Å². The summed E-state index contributed by atoms with van der Waals surface area (Å²) in [7, 11) is 0. The van der Waals surface area contributed by atoms with E-state index in [1.807, 2.05) is 26.0 Å². The molecular formula is C19H17N3O5. The SMILES string of the molecule is CC(C)(NC(=O)c1cc2cccc([N+](=O)[O-])c2[nH]1)c1ccc2c(c1)OCO2. The maximum Gasteiger partial charge on any atom is 0.293 e. The van der Waals surface area contributed by atoms with E-state index < -0.39 is 10.5 Å². The standard InChI is InChI=1S/C19H17N3O5/c1-19(2,12-6-7-15-16(9-12)27-10-26-15)21-18(23)13-8-11-4-3-5-14(22(24)25)17(11)20-13/h3-9,20H,10H2,1-2H3,(H,21,23). The van der Waals surface area contributed by atoms with Gasteiger partial charge in [-0.2, -0.15) is 0 Å². The Kier molecular flexibility index (Phi) is 3.76. The van der Waals surface area contributed by atoms with Crippen molar-refractivity contribution in [1.82, 2.24) is 10.3 Å². The van der Waals surface area contributed by atoms with E-state index in [4.69, 9.17) is 9.47 Å². The lowest BCUT2D eigenvalue weighted by atomic mass is 9.93. The van der Waals surface area contributed by atoms with Crippen LogP contribution in [0.15, 0.2) is 42.5 Å². The molecule has 138 valence electrons. The van der Waals surface area contributed by atoms with E-state index in [-0.39, 0.29) is 24.1 Å². The molecule has 0 aliphatic carbocycles. The van der Waals surface area contributed by atoms with Crippen LogP contribution in [0.5, 0.6) is 11.5 Å². The number of para-hydroxylation sites is 1. The molecule has 0 bridgehead atoms. The third-order valence-corrected chi connectivity index (χ3v) is 4.60. The molecule has 2 N–H and O–H groups in total. The van der Waals surface area contributed by atoms with E-state index in [0.717, 1.165) is 5.56 Å². The minimum absolute atomic E-state index is 0.0680. The molecule has 1 amide bonds. The fourth-order valence-electron chi connectivity index (χ4n) is 3.12. The number of benzene rings is 2. The molecule has 2 heterocycles. The predicted molar refractivity (Wildman–Crippen MR) is 98.0 cm³/mol. The fraction of sp³-hybridized carbons (Fsp3) is 0.211. The lowest BCUT2D eigenvalue weighted by molar-refractivity contribution is -0.383. The Morgan fingerprint density at radius 1 is 1.19 bits per heavy atom. The molecule has 8 heteroatoms. The maximum atomic E-state index is 12.8. The minimum Gasteiger partial charge on any atom is -0.454 e.